The van der Waals surface area contributed by atoms with Crippen molar-refractivity contribution < 1.29 is 9.21 Å². The maximum atomic E-state index is 13.8. The standard InChI is InChI=1S/C37H42N10O2/c1-37(2,3)31-21-40-32(49-31)22-41-34-27(16-38)19-43-36(46-34)45-29-13-10-25(11-14-29)33(35(48)42-17-24-8-6-5-7-9-24)30-15-12-26(18-39-30)28-20-44-47(4)23-28/h5-9,12,15,18-21,23,25,29,33H,10-11,13-14,17,22H2,1-4H3,(H,42,48)(H2,41,43,45,46). The van der Waals surface area contributed by atoms with Crippen LogP contribution in [-0.2, 0) is 30.3 Å². The lowest BCUT2D eigenvalue weighted by molar-refractivity contribution is -0.124. The maximum absolute atomic E-state index is 13.8. The number of nitriles is 1. The van der Waals surface area contributed by atoms with Crippen LogP contribution in [0.25, 0.3) is 11.1 Å². The third-order valence-corrected chi connectivity index (χ3v) is 8.92. The van der Waals surface area contributed by atoms with Gasteiger partial charge in [0.1, 0.15) is 23.2 Å². The number of hydrogen-bond donors (Lipinski definition) is 3. The fourth-order valence-corrected chi connectivity index (χ4v) is 6.16. The van der Waals surface area contributed by atoms with Crippen LogP contribution in [0, 0.1) is 17.2 Å². The fourth-order valence-electron chi connectivity index (χ4n) is 6.16. The molecular weight excluding hydrogens is 616 g/mol. The molecule has 0 saturated heterocycles. The summed E-state index contributed by atoms with van der Waals surface area (Å²) in [6, 6.07) is 16.2. The minimum atomic E-state index is -0.386. The van der Waals surface area contributed by atoms with E-state index in [1.165, 1.54) is 6.20 Å². The summed E-state index contributed by atoms with van der Waals surface area (Å²) in [6.45, 7) is 6.94. The van der Waals surface area contributed by atoms with Gasteiger partial charge in [-0.25, -0.2) is 9.97 Å². The number of carbonyl (C=O) groups excluding carboxylic acids is 1. The van der Waals surface area contributed by atoms with Crippen molar-refractivity contribution in [3.63, 3.8) is 0 Å². The summed E-state index contributed by atoms with van der Waals surface area (Å²) in [6.07, 6.45) is 12.2. The van der Waals surface area contributed by atoms with Gasteiger partial charge in [0.15, 0.2) is 0 Å². The summed E-state index contributed by atoms with van der Waals surface area (Å²) in [4.78, 5) is 32.0. The smallest absolute Gasteiger partial charge is 0.229 e. The topological polar surface area (TPSA) is 159 Å². The third-order valence-electron chi connectivity index (χ3n) is 8.92. The van der Waals surface area contributed by atoms with E-state index in [0.717, 1.165) is 53.8 Å². The van der Waals surface area contributed by atoms with E-state index in [4.69, 9.17) is 9.40 Å². The number of oxazole rings is 1. The van der Waals surface area contributed by atoms with Gasteiger partial charge in [0.25, 0.3) is 0 Å². The van der Waals surface area contributed by atoms with E-state index >= 15 is 0 Å². The monoisotopic (exact) mass is 658 g/mol. The van der Waals surface area contributed by atoms with E-state index in [-0.39, 0.29) is 35.7 Å². The summed E-state index contributed by atoms with van der Waals surface area (Å²) in [5, 5.41) is 23.8. The van der Waals surface area contributed by atoms with Gasteiger partial charge in [-0.05, 0) is 43.2 Å². The lowest BCUT2D eigenvalue weighted by atomic mass is 9.76. The van der Waals surface area contributed by atoms with Gasteiger partial charge in [-0.3, -0.25) is 14.5 Å². The van der Waals surface area contributed by atoms with Gasteiger partial charge in [-0.2, -0.15) is 15.3 Å². The highest BCUT2D eigenvalue weighted by Crippen LogP contribution is 2.37. The van der Waals surface area contributed by atoms with Crippen molar-refractivity contribution in [2.24, 2.45) is 13.0 Å². The van der Waals surface area contributed by atoms with Crippen LogP contribution in [0.2, 0.25) is 0 Å². The highest BCUT2D eigenvalue weighted by atomic mass is 16.4. The molecule has 1 aromatic carbocycles. The van der Waals surface area contributed by atoms with Crippen LogP contribution in [0.3, 0.4) is 0 Å². The Kier molecular flexibility index (Phi) is 9.99. The predicted molar refractivity (Wildman–Crippen MR) is 186 cm³/mol. The van der Waals surface area contributed by atoms with Crippen LogP contribution in [0.15, 0.2) is 77.9 Å². The van der Waals surface area contributed by atoms with E-state index in [9.17, 15) is 10.1 Å². The molecule has 1 atom stereocenters. The predicted octanol–water partition coefficient (Wildman–Crippen LogP) is 6.11. The Hall–Kier alpha value is -5.57. The molecule has 1 aliphatic rings. The average Bonchev–Trinajstić information content (AvgIpc) is 3.78. The molecule has 3 N–H and O–H groups in total. The first-order chi connectivity index (χ1) is 23.7. The second-order valence-electron chi connectivity index (χ2n) is 13.6. The Morgan fingerprint density at radius 1 is 0.980 bits per heavy atom. The van der Waals surface area contributed by atoms with Gasteiger partial charge < -0.3 is 20.4 Å². The Morgan fingerprint density at radius 2 is 1.78 bits per heavy atom. The van der Waals surface area contributed by atoms with E-state index in [1.807, 2.05) is 68.1 Å². The molecule has 252 valence electrons. The molecule has 1 fully saturated rings. The average molecular weight is 659 g/mol. The van der Waals surface area contributed by atoms with Crippen LogP contribution in [0.1, 0.15) is 80.8 Å². The van der Waals surface area contributed by atoms with Crippen LogP contribution >= 0.6 is 0 Å². The molecular formula is C37H42N10O2. The van der Waals surface area contributed by atoms with Crippen LogP contribution in [0.5, 0.6) is 0 Å². The van der Waals surface area contributed by atoms with Crippen LogP contribution in [0.4, 0.5) is 11.8 Å². The summed E-state index contributed by atoms with van der Waals surface area (Å²) >= 11 is 0. The number of nitrogens with zero attached hydrogens (tertiary/aromatic N) is 7. The van der Waals surface area contributed by atoms with Crippen molar-refractivity contribution in [2.45, 2.75) is 76.9 Å². The highest BCUT2D eigenvalue weighted by Gasteiger charge is 2.34. The van der Waals surface area contributed by atoms with Crippen molar-refractivity contribution in [1.82, 2.24) is 35.0 Å². The normalized spacial score (nSPS) is 16.8. The summed E-state index contributed by atoms with van der Waals surface area (Å²) in [7, 11) is 1.88. The number of anilines is 2. The molecule has 0 aliphatic heterocycles. The van der Waals surface area contributed by atoms with Gasteiger partial charge in [0.2, 0.25) is 17.7 Å². The van der Waals surface area contributed by atoms with Gasteiger partial charge >= 0.3 is 0 Å². The number of amides is 1. The van der Waals surface area contributed by atoms with Gasteiger partial charge in [-0.1, -0.05) is 57.2 Å². The number of pyridine rings is 1. The van der Waals surface area contributed by atoms with Crippen molar-refractivity contribution in [1.29, 1.82) is 5.26 Å². The Morgan fingerprint density at radius 3 is 2.43 bits per heavy atom. The third kappa shape index (κ3) is 8.30. The molecule has 1 amide bonds. The minimum Gasteiger partial charge on any atom is -0.443 e. The second-order valence-corrected chi connectivity index (χ2v) is 13.6. The Labute approximate surface area is 286 Å². The lowest BCUT2D eigenvalue weighted by Gasteiger charge is -2.33. The summed E-state index contributed by atoms with van der Waals surface area (Å²) in [5.74, 6) is 1.88. The van der Waals surface area contributed by atoms with E-state index in [1.54, 1.807) is 10.9 Å². The molecule has 4 heterocycles. The summed E-state index contributed by atoms with van der Waals surface area (Å²) < 4.78 is 7.65. The van der Waals surface area contributed by atoms with Crippen molar-refractivity contribution in [2.75, 3.05) is 10.6 Å². The van der Waals surface area contributed by atoms with E-state index in [0.29, 0.717) is 29.8 Å². The highest BCUT2D eigenvalue weighted by molar-refractivity contribution is 5.83. The molecule has 1 aliphatic carbocycles. The van der Waals surface area contributed by atoms with E-state index < -0.39 is 0 Å². The quantitative estimate of drug-likeness (QED) is 0.151. The molecule has 0 radical (unpaired) electrons. The number of nitrogens with one attached hydrogen (secondary N) is 3. The number of rotatable bonds is 11. The molecule has 0 bridgehead atoms. The van der Waals surface area contributed by atoms with E-state index in [2.05, 4.69) is 62.8 Å². The van der Waals surface area contributed by atoms with Crippen molar-refractivity contribution in [3.8, 4) is 17.2 Å². The molecule has 6 rings (SSSR count). The minimum absolute atomic E-state index is 0.0197. The second kappa shape index (κ2) is 14.7. The molecule has 4 aromatic heterocycles. The Balaban J connectivity index is 1.12. The molecule has 0 spiro atoms. The molecule has 5 aromatic rings. The van der Waals surface area contributed by atoms with Crippen molar-refractivity contribution >= 4 is 17.7 Å². The number of aryl methyl sites for hydroxylation is 1. The SMILES string of the molecule is Cn1cc(-c2ccc(C(C(=O)NCc3ccccc3)C3CCC(Nc4ncc(C#N)c(NCc5ncc(C(C)(C)C)o5)n4)CC3)nc2)cn1. The zero-order valence-corrected chi connectivity index (χ0v) is 28.3. The number of benzene rings is 1. The molecule has 1 unspecified atom stereocenters. The molecule has 12 heteroatoms. The summed E-state index contributed by atoms with van der Waals surface area (Å²) in [5.41, 5.74) is 3.94. The Bertz CT molecular complexity index is 1900. The lowest BCUT2D eigenvalue weighted by Crippen LogP contribution is -2.37. The largest absolute Gasteiger partial charge is 0.443 e. The van der Waals surface area contributed by atoms with Crippen molar-refractivity contribution in [3.05, 3.63) is 102 Å². The zero-order chi connectivity index (χ0) is 34.4. The fraction of sp³-hybridized carbons (Fsp3) is 0.378. The number of aromatic nitrogens is 6. The molecule has 1 saturated carbocycles. The van der Waals surface area contributed by atoms with Crippen LogP contribution in [-0.4, -0.2) is 41.7 Å². The molecule has 12 nitrogen and oxygen atoms in total. The number of hydrogen-bond acceptors (Lipinski definition) is 10. The maximum Gasteiger partial charge on any atom is 0.229 e. The van der Waals surface area contributed by atoms with Gasteiger partial charge in [0.05, 0.1) is 36.7 Å². The van der Waals surface area contributed by atoms with Gasteiger partial charge in [-0.15, -0.1) is 0 Å². The first-order valence-corrected chi connectivity index (χ1v) is 16.7. The first kappa shape index (κ1) is 33.3. The number of carbonyl (C=O) groups is 1. The van der Waals surface area contributed by atoms with Gasteiger partial charge in [0, 0.05) is 48.6 Å². The van der Waals surface area contributed by atoms with Crippen LogP contribution < -0.4 is 16.0 Å². The first-order valence-electron chi connectivity index (χ1n) is 16.7. The zero-order valence-electron chi connectivity index (χ0n) is 28.3. The molecule has 49 heavy (non-hydrogen) atoms.